The predicted molar refractivity (Wildman–Crippen MR) is 196 cm³/mol. The molecule has 2 N–H and O–H groups in total. The number of nitrogens with one attached hydrogen (secondary N) is 2. The van der Waals surface area contributed by atoms with Gasteiger partial charge in [0.2, 0.25) is 12.1 Å². The standard InChI is InChI=1S/C36H34Cl2N6O8/c1-19(45)33(35(47)39-23-11-25(49-3)15-26(12-23)50-4)43-41-22-9-7-21(8-10-22)29-17-31(38)32(18-30(29)37)42-44-34(20(2)46)36(48)40-24-13-27(51-5)16-28(14-24)52-6/h7-18,33-34H,1-6H3,(H,39,47)(H,40,48). The zero-order valence-corrected chi connectivity index (χ0v) is 30.4. The van der Waals surface area contributed by atoms with E-state index in [0.29, 0.717) is 51.2 Å². The van der Waals surface area contributed by atoms with Gasteiger partial charge >= 0.3 is 0 Å². The van der Waals surface area contributed by atoms with E-state index in [1.165, 1.54) is 48.4 Å². The molecule has 0 aromatic heterocycles. The number of anilines is 2. The van der Waals surface area contributed by atoms with E-state index >= 15 is 0 Å². The van der Waals surface area contributed by atoms with Crippen LogP contribution in [0.5, 0.6) is 23.0 Å². The van der Waals surface area contributed by atoms with Crippen LogP contribution in [0.1, 0.15) is 13.8 Å². The lowest BCUT2D eigenvalue weighted by Gasteiger charge is -2.12. The van der Waals surface area contributed by atoms with Crippen molar-refractivity contribution in [3.8, 4) is 34.1 Å². The van der Waals surface area contributed by atoms with E-state index in [2.05, 4.69) is 31.1 Å². The number of ketones is 2. The molecular formula is C36H34Cl2N6O8. The van der Waals surface area contributed by atoms with Gasteiger partial charge in [0.25, 0.3) is 11.8 Å². The number of hydrogen-bond acceptors (Lipinski definition) is 12. The lowest BCUT2D eigenvalue weighted by Crippen LogP contribution is -2.31. The number of hydrogen-bond donors (Lipinski definition) is 2. The van der Waals surface area contributed by atoms with Crippen LogP contribution in [-0.2, 0) is 19.2 Å². The van der Waals surface area contributed by atoms with Gasteiger partial charge in [-0.3, -0.25) is 19.2 Å². The number of halogens is 2. The van der Waals surface area contributed by atoms with E-state index in [0.717, 1.165) is 0 Å². The molecule has 270 valence electrons. The molecule has 4 aromatic rings. The first-order valence-corrected chi connectivity index (χ1v) is 16.1. The lowest BCUT2D eigenvalue weighted by atomic mass is 10.0. The number of azo groups is 2. The molecule has 4 aromatic carbocycles. The van der Waals surface area contributed by atoms with Crippen LogP contribution in [0, 0.1) is 0 Å². The van der Waals surface area contributed by atoms with Crippen molar-refractivity contribution in [1.29, 1.82) is 0 Å². The summed E-state index contributed by atoms with van der Waals surface area (Å²) >= 11 is 13.1. The van der Waals surface area contributed by atoms with Crippen LogP contribution >= 0.6 is 23.2 Å². The van der Waals surface area contributed by atoms with Crippen molar-refractivity contribution in [2.45, 2.75) is 25.9 Å². The minimum Gasteiger partial charge on any atom is -0.497 e. The molecule has 0 saturated carbocycles. The summed E-state index contributed by atoms with van der Waals surface area (Å²) in [6, 6.07) is 16.3. The van der Waals surface area contributed by atoms with Crippen molar-refractivity contribution in [3.05, 3.63) is 82.8 Å². The first-order chi connectivity index (χ1) is 24.8. The second kappa shape index (κ2) is 17.9. The summed E-state index contributed by atoms with van der Waals surface area (Å²) in [6.07, 6.45) is 0. The second-order valence-corrected chi connectivity index (χ2v) is 11.8. The molecule has 2 unspecified atom stereocenters. The molecule has 2 atom stereocenters. The van der Waals surface area contributed by atoms with E-state index in [-0.39, 0.29) is 15.7 Å². The summed E-state index contributed by atoms with van der Waals surface area (Å²) in [5.74, 6) is -0.713. The van der Waals surface area contributed by atoms with Gasteiger partial charge in [-0.05, 0) is 43.7 Å². The third-order valence-electron chi connectivity index (χ3n) is 7.29. The van der Waals surface area contributed by atoms with Crippen LogP contribution in [0.25, 0.3) is 11.1 Å². The van der Waals surface area contributed by atoms with E-state index in [1.807, 2.05) is 0 Å². The highest BCUT2D eigenvalue weighted by molar-refractivity contribution is 6.37. The fraction of sp³-hybridized carbons (Fsp3) is 0.222. The Balaban J connectivity index is 1.47. The average molecular weight is 750 g/mol. The maximum absolute atomic E-state index is 13.0. The molecule has 52 heavy (non-hydrogen) atoms. The highest BCUT2D eigenvalue weighted by Gasteiger charge is 2.25. The van der Waals surface area contributed by atoms with Crippen LogP contribution < -0.4 is 29.6 Å². The molecule has 0 radical (unpaired) electrons. The molecular weight excluding hydrogens is 715 g/mol. The third kappa shape index (κ3) is 10.1. The fourth-order valence-corrected chi connectivity index (χ4v) is 5.07. The van der Waals surface area contributed by atoms with Crippen molar-refractivity contribution < 1.29 is 38.1 Å². The Labute approximate surface area is 309 Å². The monoisotopic (exact) mass is 748 g/mol. The van der Waals surface area contributed by atoms with Gasteiger partial charge in [0.05, 0.1) is 44.2 Å². The zero-order valence-electron chi connectivity index (χ0n) is 28.9. The van der Waals surface area contributed by atoms with Crippen LogP contribution in [0.2, 0.25) is 10.0 Å². The van der Waals surface area contributed by atoms with Gasteiger partial charge in [-0.15, -0.1) is 0 Å². The molecule has 0 fully saturated rings. The number of carbonyl (C=O) groups excluding carboxylic acids is 4. The third-order valence-corrected chi connectivity index (χ3v) is 7.90. The fourth-order valence-electron chi connectivity index (χ4n) is 4.60. The maximum Gasteiger partial charge on any atom is 0.258 e. The Bertz CT molecular complexity index is 1990. The van der Waals surface area contributed by atoms with E-state index in [9.17, 15) is 19.2 Å². The summed E-state index contributed by atoms with van der Waals surface area (Å²) in [5, 5.41) is 21.8. The lowest BCUT2D eigenvalue weighted by molar-refractivity contribution is -0.127. The van der Waals surface area contributed by atoms with Crippen molar-refractivity contribution in [3.63, 3.8) is 0 Å². The summed E-state index contributed by atoms with van der Waals surface area (Å²) < 4.78 is 20.9. The zero-order chi connectivity index (χ0) is 37.9. The first-order valence-electron chi connectivity index (χ1n) is 15.4. The van der Waals surface area contributed by atoms with E-state index in [4.69, 9.17) is 42.1 Å². The van der Waals surface area contributed by atoms with Crippen LogP contribution in [0.3, 0.4) is 0 Å². The Kier molecular flexibility index (Phi) is 13.4. The topological polar surface area (TPSA) is 179 Å². The number of nitrogens with zero attached hydrogens (tertiary/aromatic N) is 4. The van der Waals surface area contributed by atoms with Gasteiger partial charge in [0.15, 0.2) is 11.6 Å². The van der Waals surface area contributed by atoms with E-state index < -0.39 is 35.5 Å². The molecule has 0 aliphatic carbocycles. The smallest absolute Gasteiger partial charge is 0.258 e. The first kappa shape index (κ1) is 38.9. The van der Waals surface area contributed by atoms with Crippen LogP contribution in [0.15, 0.2) is 93.3 Å². The Hall–Kier alpha value is -5.86. The SMILES string of the molecule is COc1cc(NC(=O)C(N=Nc2ccc(-c3cc(Cl)c(N=NC(C(C)=O)C(=O)Nc4cc(OC)cc(OC)c4)cc3Cl)cc2)C(C)=O)cc(OC)c1. The minimum absolute atomic E-state index is 0.129. The van der Waals surface area contributed by atoms with Gasteiger partial charge in [-0.25, -0.2) is 0 Å². The summed E-state index contributed by atoms with van der Waals surface area (Å²) in [4.78, 5) is 50.5. The number of rotatable bonds is 15. The Morgan fingerprint density at radius 1 is 0.577 bits per heavy atom. The number of amides is 2. The Morgan fingerprint density at radius 2 is 1.00 bits per heavy atom. The van der Waals surface area contributed by atoms with Crippen LogP contribution in [-0.4, -0.2) is 63.9 Å². The predicted octanol–water partition coefficient (Wildman–Crippen LogP) is 8.05. The van der Waals surface area contributed by atoms with Gasteiger partial charge in [-0.2, -0.15) is 20.5 Å². The molecule has 0 bridgehead atoms. The van der Waals surface area contributed by atoms with Crippen molar-refractivity contribution in [1.82, 2.24) is 0 Å². The summed E-state index contributed by atoms with van der Waals surface area (Å²) in [5.41, 5.74) is 2.36. The van der Waals surface area contributed by atoms with Crippen molar-refractivity contribution >= 4 is 69.3 Å². The summed E-state index contributed by atoms with van der Waals surface area (Å²) in [6.45, 7) is 2.45. The molecule has 0 saturated heterocycles. The van der Waals surface area contributed by atoms with Gasteiger partial charge in [0.1, 0.15) is 28.7 Å². The molecule has 0 spiro atoms. The Morgan fingerprint density at radius 3 is 1.40 bits per heavy atom. The van der Waals surface area contributed by atoms with Gasteiger partial charge in [-0.1, -0.05) is 35.3 Å². The highest BCUT2D eigenvalue weighted by atomic mass is 35.5. The number of ether oxygens (including phenoxy) is 4. The average Bonchev–Trinajstić information content (AvgIpc) is 3.12. The van der Waals surface area contributed by atoms with Gasteiger partial charge in [0, 0.05) is 53.3 Å². The van der Waals surface area contributed by atoms with E-state index in [1.54, 1.807) is 66.7 Å². The normalized spacial score (nSPS) is 12.2. The van der Waals surface area contributed by atoms with Crippen molar-refractivity contribution in [2.75, 3.05) is 39.1 Å². The quantitative estimate of drug-likeness (QED) is 0.0905. The molecule has 4 rings (SSSR count). The number of carbonyl (C=O) groups is 4. The molecule has 0 aliphatic rings. The largest absolute Gasteiger partial charge is 0.497 e. The summed E-state index contributed by atoms with van der Waals surface area (Å²) in [7, 11) is 5.88. The van der Waals surface area contributed by atoms with Gasteiger partial charge < -0.3 is 29.6 Å². The molecule has 16 heteroatoms. The highest BCUT2D eigenvalue weighted by Crippen LogP contribution is 2.38. The van der Waals surface area contributed by atoms with Crippen LogP contribution in [0.4, 0.5) is 22.7 Å². The molecule has 14 nitrogen and oxygen atoms in total. The number of methoxy groups -OCH3 is 4. The second-order valence-electron chi connectivity index (χ2n) is 11.0. The molecule has 2 amide bonds. The molecule has 0 heterocycles. The maximum atomic E-state index is 13.0. The van der Waals surface area contributed by atoms with Crippen molar-refractivity contribution in [2.24, 2.45) is 20.5 Å². The molecule has 0 aliphatic heterocycles. The number of Topliss-reactive ketones (excluding diaryl/α,β-unsaturated/α-hetero) is 2. The number of benzene rings is 4. The minimum atomic E-state index is -1.48.